The molecule has 2 nitrogen and oxygen atoms in total. The van der Waals surface area contributed by atoms with Gasteiger partial charge in [-0.25, -0.2) is 0 Å². The first-order valence-corrected chi connectivity index (χ1v) is 12.1. The molecule has 1 aromatic carbocycles. The number of rotatable bonds is 2. The summed E-state index contributed by atoms with van der Waals surface area (Å²) in [5.74, 6) is 2.15. The maximum Gasteiger partial charge on any atom is 0.156 e. The van der Waals surface area contributed by atoms with Gasteiger partial charge < -0.3 is 0 Å². The van der Waals surface area contributed by atoms with E-state index in [1.165, 1.54) is 55.2 Å². The number of aromatic nitrogens is 1. The molecule has 2 heteroatoms. The van der Waals surface area contributed by atoms with E-state index in [1.54, 1.807) is 11.1 Å². The lowest BCUT2D eigenvalue weighted by molar-refractivity contribution is -0.115. The second-order valence-electron chi connectivity index (χ2n) is 10.5. The second-order valence-corrected chi connectivity index (χ2v) is 10.5. The summed E-state index contributed by atoms with van der Waals surface area (Å²) in [4.78, 5) is 16.9. The second kappa shape index (κ2) is 7.29. The first kappa shape index (κ1) is 19.2. The Hall–Kier alpha value is -2.48. The smallest absolute Gasteiger partial charge is 0.156 e. The third-order valence-electron chi connectivity index (χ3n) is 8.87. The van der Waals surface area contributed by atoms with Crippen molar-refractivity contribution >= 4 is 5.78 Å². The van der Waals surface area contributed by atoms with Crippen LogP contribution in [0.5, 0.6) is 0 Å². The van der Waals surface area contributed by atoms with Gasteiger partial charge in [0, 0.05) is 24.7 Å². The van der Waals surface area contributed by atoms with Gasteiger partial charge in [-0.2, -0.15) is 0 Å². The Kier molecular flexibility index (Phi) is 4.52. The van der Waals surface area contributed by atoms with Crippen molar-refractivity contribution in [2.24, 2.45) is 17.3 Å². The minimum Gasteiger partial charge on any atom is -0.295 e. The van der Waals surface area contributed by atoms with Crippen LogP contribution in [0, 0.1) is 17.3 Å². The summed E-state index contributed by atoms with van der Waals surface area (Å²) in [7, 11) is 0. The van der Waals surface area contributed by atoms with Crippen molar-refractivity contribution in [2.45, 2.75) is 64.2 Å². The standard InChI is InChI=1S/C29H31NO/c1-29-13-2-5-27(29)24-11-10-21-16-23(31)17-26(28(21)25(24)12-14-29)20-8-6-19(7-9-20)22-4-3-15-30-18-22/h3-4,6-9,15-16,18,24,26-27H,2,5,10-14,17H2,1H3/t24-,26?,27+,29+/m1/s1. The van der Waals surface area contributed by atoms with Crippen LogP contribution in [0.4, 0.5) is 0 Å². The molecule has 2 fully saturated rings. The summed E-state index contributed by atoms with van der Waals surface area (Å²) in [6.45, 7) is 2.55. The average molecular weight is 410 g/mol. The minimum atomic E-state index is 0.235. The van der Waals surface area contributed by atoms with E-state index in [9.17, 15) is 4.79 Å². The first-order chi connectivity index (χ1) is 15.1. The molecule has 4 atom stereocenters. The van der Waals surface area contributed by atoms with Crippen LogP contribution < -0.4 is 0 Å². The molecule has 2 aromatic rings. The van der Waals surface area contributed by atoms with E-state index in [0.717, 1.165) is 23.8 Å². The predicted molar refractivity (Wildman–Crippen MR) is 125 cm³/mol. The fraction of sp³-hybridized carbons (Fsp3) is 0.448. The summed E-state index contributed by atoms with van der Waals surface area (Å²) in [6, 6.07) is 13.0. The highest BCUT2D eigenvalue weighted by molar-refractivity contribution is 5.94. The summed E-state index contributed by atoms with van der Waals surface area (Å²) in [6.07, 6.45) is 15.5. The third-order valence-corrected chi connectivity index (χ3v) is 8.87. The van der Waals surface area contributed by atoms with Crippen LogP contribution in [0.15, 0.2) is 71.6 Å². The molecular weight excluding hydrogens is 378 g/mol. The van der Waals surface area contributed by atoms with E-state index in [4.69, 9.17) is 0 Å². The molecule has 1 unspecified atom stereocenters. The van der Waals surface area contributed by atoms with Gasteiger partial charge in [-0.1, -0.05) is 49.2 Å². The molecule has 0 radical (unpaired) electrons. The molecule has 0 amide bonds. The number of fused-ring (bicyclic) bond motifs is 4. The number of pyridine rings is 1. The van der Waals surface area contributed by atoms with E-state index in [-0.39, 0.29) is 5.92 Å². The summed E-state index contributed by atoms with van der Waals surface area (Å²) < 4.78 is 0. The fourth-order valence-electron chi connectivity index (χ4n) is 7.35. The Labute approximate surface area is 185 Å². The number of hydrogen-bond donors (Lipinski definition) is 0. The van der Waals surface area contributed by atoms with Crippen LogP contribution in [0.25, 0.3) is 11.1 Å². The van der Waals surface area contributed by atoms with Crippen molar-refractivity contribution in [3.63, 3.8) is 0 Å². The molecular formula is C29H31NO. The van der Waals surface area contributed by atoms with Gasteiger partial charge in [0.05, 0.1) is 0 Å². The van der Waals surface area contributed by atoms with Gasteiger partial charge in [-0.05, 0) is 95.8 Å². The van der Waals surface area contributed by atoms with E-state index in [1.807, 2.05) is 24.5 Å². The number of ketones is 1. The Balaban J connectivity index is 1.40. The number of carbonyl (C=O) groups is 1. The molecule has 0 N–H and O–H groups in total. The summed E-state index contributed by atoms with van der Waals surface area (Å²) in [5.41, 5.74) is 8.81. The number of carbonyl (C=O) groups excluding carboxylic acids is 1. The molecule has 4 aliphatic carbocycles. The van der Waals surface area contributed by atoms with E-state index in [0.29, 0.717) is 17.6 Å². The van der Waals surface area contributed by atoms with Gasteiger partial charge in [-0.15, -0.1) is 0 Å². The Morgan fingerprint density at radius 1 is 1.00 bits per heavy atom. The topological polar surface area (TPSA) is 30.0 Å². The maximum absolute atomic E-state index is 12.7. The maximum atomic E-state index is 12.7. The highest BCUT2D eigenvalue weighted by atomic mass is 16.1. The molecule has 0 spiro atoms. The zero-order chi connectivity index (χ0) is 21.0. The van der Waals surface area contributed by atoms with E-state index >= 15 is 0 Å². The summed E-state index contributed by atoms with van der Waals surface area (Å²) >= 11 is 0. The highest BCUT2D eigenvalue weighted by Gasteiger charge is 2.49. The van der Waals surface area contributed by atoms with Crippen molar-refractivity contribution in [1.29, 1.82) is 0 Å². The lowest BCUT2D eigenvalue weighted by Gasteiger charge is -2.48. The molecule has 4 aliphatic rings. The van der Waals surface area contributed by atoms with Gasteiger partial charge >= 0.3 is 0 Å². The SMILES string of the molecule is C[C@@]12CCC[C@H]1[C@@H]1CCC3=CC(=O)CC(c4ccc(-c5cccnc5)cc4)C3=C1CC2. The van der Waals surface area contributed by atoms with Crippen molar-refractivity contribution < 1.29 is 4.79 Å². The van der Waals surface area contributed by atoms with Crippen molar-refractivity contribution in [1.82, 2.24) is 4.98 Å². The number of nitrogens with zero attached hydrogens (tertiary/aromatic N) is 1. The van der Waals surface area contributed by atoms with Crippen molar-refractivity contribution in [2.75, 3.05) is 0 Å². The van der Waals surface area contributed by atoms with Crippen LogP contribution in [-0.2, 0) is 4.79 Å². The molecule has 2 saturated carbocycles. The zero-order valence-corrected chi connectivity index (χ0v) is 18.4. The predicted octanol–water partition coefficient (Wildman–Crippen LogP) is 7.04. The normalized spacial score (nSPS) is 32.2. The van der Waals surface area contributed by atoms with Gasteiger partial charge in [0.1, 0.15) is 0 Å². The molecule has 1 heterocycles. The lowest BCUT2D eigenvalue weighted by Crippen LogP contribution is -2.37. The Bertz CT molecular complexity index is 1080. The number of hydrogen-bond acceptors (Lipinski definition) is 2. The van der Waals surface area contributed by atoms with Gasteiger partial charge in [0.15, 0.2) is 5.78 Å². The van der Waals surface area contributed by atoms with Crippen molar-refractivity contribution in [3.8, 4) is 11.1 Å². The van der Waals surface area contributed by atoms with Crippen LogP contribution in [0.3, 0.4) is 0 Å². The molecule has 0 saturated heterocycles. The highest BCUT2D eigenvalue weighted by Crippen LogP contribution is 2.61. The quantitative estimate of drug-likeness (QED) is 0.532. The molecule has 1 aromatic heterocycles. The summed E-state index contributed by atoms with van der Waals surface area (Å²) in [5, 5.41) is 0. The van der Waals surface area contributed by atoms with Gasteiger partial charge in [-0.3, -0.25) is 9.78 Å². The molecule has 6 rings (SSSR count). The van der Waals surface area contributed by atoms with E-state index < -0.39 is 0 Å². The van der Waals surface area contributed by atoms with Crippen molar-refractivity contribution in [3.05, 3.63) is 77.2 Å². The van der Waals surface area contributed by atoms with Crippen LogP contribution in [0.2, 0.25) is 0 Å². The third kappa shape index (κ3) is 3.14. The van der Waals surface area contributed by atoms with Crippen LogP contribution in [0.1, 0.15) is 69.8 Å². The molecule has 0 aliphatic heterocycles. The number of allylic oxidation sites excluding steroid dienone is 4. The first-order valence-electron chi connectivity index (χ1n) is 12.1. The van der Waals surface area contributed by atoms with Gasteiger partial charge in [0.2, 0.25) is 0 Å². The monoisotopic (exact) mass is 409 g/mol. The average Bonchev–Trinajstić information content (AvgIpc) is 3.21. The van der Waals surface area contributed by atoms with Gasteiger partial charge in [0.25, 0.3) is 0 Å². The fourth-order valence-corrected chi connectivity index (χ4v) is 7.35. The Morgan fingerprint density at radius 2 is 1.87 bits per heavy atom. The minimum absolute atomic E-state index is 0.235. The largest absolute Gasteiger partial charge is 0.295 e. The lowest BCUT2D eigenvalue weighted by atomic mass is 9.56. The molecule has 0 bridgehead atoms. The van der Waals surface area contributed by atoms with E-state index in [2.05, 4.69) is 42.2 Å². The zero-order valence-electron chi connectivity index (χ0n) is 18.4. The van der Waals surface area contributed by atoms with Crippen LogP contribution >= 0.6 is 0 Å². The molecule has 158 valence electrons. The van der Waals surface area contributed by atoms with Crippen LogP contribution in [-0.4, -0.2) is 10.8 Å². The Morgan fingerprint density at radius 3 is 2.68 bits per heavy atom. The number of benzene rings is 1. The molecule has 31 heavy (non-hydrogen) atoms.